The van der Waals surface area contributed by atoms with Crippen molar-refractivity contribution in [2.24, 2.45) is 11.7 Å². The highest BCUT2D eigenvalue weighted by Crippen LogP contribution is 2.07. The molecule has 0 aliphatic carbocycles. The molecule has 5 nitrogen and oxygen atoms in total. The maximum Gasteiger partial charge on any atom is 0.293 e. The lowest BCUT2D eigenvalue weighted by Crippen LogP contribution is -2.42. The van der Waals surface area contributed by atoms with Crippen LogP contribution in [0.25, 0.3) is 0 Å². The lowest BCUT2D eigenvalue weighted by Gasteiger charge is -2.24. The van der Waals surface area contributed by atoms with Gasteiger partial charge in [-0.05, 0) is 19.8 Å². The summed E-state index contributed by atoms with van der Waals surface area (Å²) in [4.78, 5) is 16.2. The third-order valence-corrected chi connectivity index (χ3v) is 2.44. The van der Waals surface area contributed by atoms with Crippen LogP contribution in [0.3, 0.4) is 0 Å². The van der Waals surface area contributed by atoms with Gasteiger partial charge in [0.15, 0.2) is 5.82 Å². The van der Waals surface area contributed by atoms with Crippen LogP contribution in [0.4, 0.5) is 5.82 Å². The van der Waals surface area contributed by atoms with Crippen LogP contribution < -0.4 is 16.6 Å². The van der Waals surface area contributed by atoms with Crippen molar-refractivity contribution >= 4 is 5.82 Å². The minimum absolute atomic E-state index is 0.0947. The molecule has 0 unspecified atom stereocenters. The first-order chi connectivity index (χ1) is 7.85. The zero-order valence-electron chi connectivity index (χ0n) is 11.0. The van der Waals surface area contributed by atoms with Crippen molar-refractivity contribution in [2.45, 2.75) is 39.8 Å². The van der Waals surface area contributed by atoms with E-state index in [1.54, 1.807) is 17.0 Å². The quantitative estimate of drug-likeness (QED) is 0.804. The lowest BCUT2D eigenvalue weighted by atomic mass is 10.1. The first-order valence-corrected chi connectivity index (χ1v) is 5.89. The van der Waals surface area contributed by atoms with E-state index in [1.165, 1.54) is 0 Å². The highest BCUT2D eigenvalue weighted by Gasteiger charge is 2.17. The second-order valence-electron chi connectivity index (χ2n) is 5.34. The molecule has 5 heteroatoms. The molecule has 3 N–H and O–H groups in total. The van der Waals surface area contributed by atoms with Gasteiger partial charge < -0.3 is 15.6 Å². The maximum atomic E-state index is 12.1. The molecule has 0 aliphatic heterocycles. The molecular formula is C12H22N4O. The van der Waals surface area contributed by atoms with Gasteiger partial charge in [-0.1, -0.05) is 13.8 Å². The smallest absolute Gasteiger partial charge is 0.293 e. The van der Waals surface area contributed by atoms with Crippen LogP contribution in [0, 0.1) is 5.92 Å². The van der Waals surface area contributed by atoms with E-state index in [9.17, 15) is 4.79 Å². The fourth-order valence-corrected chi connectivity index (χ4v) is 1.44. The van der Waals surface area contributed by atoms with Crippen LogP contribution in [-0.4, -0.2) is 21.6 Å². The summed E-state index contributed by atoms with van der Waals surface area (Å²) in [6, 6.07) is 0. The number of aromatic nitrogens is 2. The standard InChI is InChI=1S/C12H22N4O/c1-9(2)7-16-6-5-14-10(11(16)17)15-12(3,4)8-13/h5-6,9H,7-8,13H2,1-4H3,(H,14,15). The van der Waals surface area contributed by atoms with Crippen molar-refractivity contribution in [1.29, 1.82) is 0 Å². The number of nitrogens with two attached hydrogens (primary N) is 1. The Kier molecular flexibility index (Phi) is 4.28. The van der Waals surface area contributed by atoms with E-state index in [0.717, 1.165) is 0 Å². The SMILES string of the molecule is CC(C)Cn1ccnc(NC(C)(C)CN)c1=O. The summed E-state index contributed by atoms with van der Waals surface area (Å²) in [6.45, 7) is 9.15. The van der Waals surface area contributed by atoms with E-state index in [4.69, 9.17) is 5.73 Å². The first kappa shape index (κ1) is 13.7. The Balaban J connectivity index is 2.99. The Morgan fingerprint density at radius 2 is 2.18 bits per heavy atom. The lowest BCUT2D eigenvalue weighted by molar-refractivity contribution is 0.506. The topological polar surface area (TPSA) is 72.9 Å². The van der Waals surface area contributed by atoms with Crippen LogP contribution in [0.5, 0.6) is 0 Å². The van der Waals surface area contributed by atoms with E-state index in [2.05, 4.69) is 24.1 Å². The molecule has 0 aliphatic rings. The van der Waals surface area contributed by atoms with E-state index in [0.29, 0.717) is 24.8 Å². The van der Waals surface area contributed by atoms with Crippen molar-refractivity contribution in [3.8, 4) is 0 Å². The van der Waals surface area contributed by atoms with Gasteiger partial charge in [0.1, 0.15) is 0 Å². The molecule has 17 heavy (non-hydrogen) atoms. The zero-order chi connectivity index (χ0) is 13.1. The third kappa shape index (κ3) is 3.85. The predicted octanol–water partition coefficient (Wildman–Crippen LogP) is 1.05. The Bertz CT molecular complexity index is 423. The summed E-state index contributed by atoms with van der Waals surface area (Å²) in [6.07, 6.45) is 3.35. The van der Waals surface area contributed by atoms with Crippen molar-refractivity contribution in [1.82, 2.24) is 9.55 Å². The molecule has 0 saturated carbocycles. The monoisotopic (exact) mass is 238 g/mol. The molecule has 1 aromatic heterocycles. The summed E-state index contributed by atoms with van der Waals surface area (Å²) in [5.41, 5.74) is 5.20. The van der Waals surface area contributed by atoms with Crippen molar-refractivity contribution in [3.63, 3.8) is 0 Å². The van der Waals surface area contributed by atoms with Crippen LogP contribution in [0.2, 0.25) is 0 Å². The molecule has 96 valence electrons. The van der Waals surface area contributed by atoms with E-state index >= 15 is 0 Å². The minimum Gasteiger partial charge on any atom is -0.359 e. The predicted molar refractivity (Wildman–Crippen MR) is 70.1 cm³/mol. The number of hydrogen-bond acceptors (Lipinski definition) is 4. The number of hydrogen-bond donors (Lipinski definition) is 2. The van der Waals surface area contributed by atoms with Gasteiger partial charge in [-0.15, -0.1) is 0 Å². The number of nitrogens with one attached hydrogen (secondary N) is 1. The van der Waals surface area contributed by atoms with Gasteiger partial charge in [0.2, 0.25) is 0 Å². The van der Waals surface area contributed by atoms with Gasteiger partial charge in [0.05, 0.1) is 0 Å². The zero-order valence-corrected chi connectivity index (χ0v) is 11.0. The molecular weight excluding hydrogens is 216 g/mol. The van der Waals surface area contributed by atoms with Gasteiger partial charge in [-0.2, -0.15) is 0 Å². The van der Waals surface area contributed by atoms with Crippen LogP contribution >= 0.6 is 0 Å². The highest BCUT2D eigenvalue weighted by molar-refractivity contribution is 5.34. The van der Waals surface area contributed by atoms with Gasteiger partial charge >= 0.3 is 0 Å². The minimum atomic E-state index is -0.330. The fraction of sp³-hybridized carbons (Fsp3) is 0.667. The summed E-state index contributed by atoms with van der Waals surface area (Å²) in [5, 5.41) is 3.08. The van der Waals surface area contributed by atoms with Crippen LogP contribution in [0.1, 0.15) is 27.7 Å². The molecule has 0 bridgehead atoms. The van der Waals surface area contributed by atoms with Crippen LogP contribution in [-0.2, 0) is 6.54 Å². The fourth-order valence-electron chi connectivity index (χ4n) is 1.44. The third-order valence-electron chi connectivity index (χ3n) is 2.44. The van der Waals surface area contributed by atoms with Crippen molar-refractivity contribution < 1.29 is 0 Å². The van der Waals surface area contributed by atoms with Gasteiger partial charge in [0.25, 0.3) is 5.56 Å². The van der Waals surface area contributed by atoms with Gasteiger partial charge in [-0.25, -0.2) is 4.98 Å². The summed E-state index contributed by atoms with van der Waals surface area (Å²) >= 11 is 0. The maximum absolute atomic E-state index is 12.1. The average Bonchev–Trinajstić information content (AvgIpc) is 2.23. The molecule has 0 atom stereocenters. The molecule has 0 spiro atoms. The Morgan fingerprint density at radius 1 is 1.53 bits per heavy atom. The number of nitrogens with zero attached hydrogens (tertiary/aromatic N) is 2. The van der Waals surface area contributed by atoms with E-state index in [1.807, 2.05) is 13.8 Å². The number of anilines is 1. The molecule has 0 fully saturated rings. The number of rotatable bonds is 5. The molecule has 0 radical (unpaired) electrons. The summed E-state index contributed by atoms with van der Waals surface area (Å²) in [7, 11) is 0. The highest BCUT2D eigenvalue weighted by atomic mass is 16.1. The molecule has 0 saturated heterocycles. The van der Waals surface area contributed by atoms with E-state index in [-0.39, 0.29) is 11.1 Å². The molecule has 1 heterocycles. The molecule has 0 aromatic carbocycles. The van der Waals surface area contributed by atoms with Gasteiger partial charge in [0, 0.05) is 31.0 Å². The Labute approximate surface area is 102 Å². The summed E-state index contributed by atoms with van der Waals surface area (Å²) < 4.78 is 1.67. The largest absolute Gasteiger partial charge is 0.359 e. The van der Waals surface area contributed by atoms with E-state index < -0.39 is 0 Å². The Hall–Kier alpha value is -1.36. The molecule has 1 rings (SSSR count). The summed E-state index contributed by atoms with van der Waals surface area (Å²) in [5.74, 6) is 0.786. The first-order valence-electron chi connectivity index (χ1n) is 5.89. The molecule has 0 amide bonds. The molecule has 1 aromatic rings. The second kappa shape index (κ2) is 5.31. The van der Waals surface area contributed by atoms with Crippen molar-refractivity contribution in [3.05, 3.63) is 22.7 Å². The Morgan fingerprint density at radius 3 is 2.71 bits per heavy atom. The second-order valence-corrected chi connectivity index (χ2v) is 5.34. The van der Waals surface area contributed by atoms with Crippen molar-refractivity contribution in [2.75, 3.05) is 11.9 Å². The van der Waals surface area contributed by atoms with Crippen LogP contribution in [0.15, 0.2) is 17.2 Å². The normalized spacial score (nSPS) is 11.9. The average molecular weight is 238 g/mol. The van der Waals surface area contributed by atoms with Gasteiger partial charge in [-0.3, -0.25) is 4.79 Å².